The van der Waals surface area contributed by atoms with Gasteiger partial charge in [0.05, 0.1) is 0 Å². The van der Waals surface area contributed by atoms with Gasteiger partial charge in [-0.1, -0.05) is 88.1 Å². The third-order valence-corrected chi connectivity index (χ3v) is 6.53. The first-order valence-electron chi connectivity index (χ1n) is 10.5. The zero-order valence-electron chi connectivity index (χ0n) is 17.4. The van der Waals surface area contributed by atoms with Crippen molar-refractivity contribution in [3.05, 3.63) is 48.5 Å². The molecule has 0 aromatic heterocycles. The van der Waals surface area contributed by atoms with E-state index in [1.165, 1.54) is 0 Å². The Balaban J connectivity index is 1.96. The molecule has 0 fully saturated rings. The topological polar surface area (TPSA) is 36.9 Å². The van der Waals surface area contributed by atoms with Gasteiger partial charge in [-0.25, -0.2) is 0 Å². The molecule has 6 heteroatoms. The molecule has 4 nitrogen and oxygen atoms in total. The van der Waals surface area contributed by atoms with Crippen LogP contribution < -0.4 is 9.78 Å². The average Bonchev–Trinajstić information content (AvgIpc) is 2.78. The molecule has 3 aromatic carbocycles. The molecule has 0 spiro atoms. The van der Waals surface area contributed by atoms with E-state index in [4.69, 9.17) is 19.6 Å². The summed E-state index contributed by atoms with van der Waals surface area (Å²) >= 11 is 4.57. The first-order valence-corrected chi connectivity index (χ1v) is 13.0. The van der Waals surface area contributed by atoms with E-state index in [1.54, 1.807) is 0 Å². The zero-order valence-corrected chi connectivity index (χ0v) is 21.7. The maximum atomic E-state index is 5.92. The fourth-order valence-electron chi connectivity index (χ4n) is 3.25. The van der Waals surface area contributed by atoms with Crippen LogP contribution in [0.5, 0.6) is 11.5 Å². The van der Waals surface area contributed by atoms with E-state index in [2.05, 4.69) is 59.0 Å². The SMILES string of the molecule is CCCCC(I)OOc1c2ccccc2c(OOC(I)CCCC)c2ccccc12. The molecule has 30 heavy (non-hydrogen) atoms. The van der Waals surface area contributed by atoms with Crippen LogP contribution in [0.2, 0.25) is 0 Å². The van der Waals surface area contributed by atoms with Crippen LogP contribution in [-0.2, 0) is 9.78 Å². The second kappa shape index (κ2) is 12.3. The summed E-state index contributed by atoms with van der Waals surface area (Å²) < 4.78 is -0.00430. The van der Waals surface area contributed by atoms with Crippen LogP contribution in [0, 0.1) is 0 Å². The Labute approximate surface area is 205 Å². The van der Waals surface area contributed by atoms with Crippen LogP contribution >= 0.6 is 45.2 Å². The molecular weight excluding hydrogens is 606 g/mol. The van der Waals surface area contributed by atoms with Crippen molar-refractivity contribution in [2.75, 3.05) is 0 Å². The Morgan fingerprint density at radius 2 is 0.967 bits per heavy atom. The highest BCUT2D eigenvalue weighted by atomic mass is 127. The van der Waals surface area contributed by atoms with Crippen LogP contribution in [0.3, 0.4) is 0 Å². The zero-order chi connectivity index (χ0) is 21.3. The maximum absolute atomic E-state index is 5.92. The Morgan fingerprint density at radius 3 is 1.27 bits per heavy atom. The fraction of sp³-hybridized carbons (Fsp3) is 0.417. The van der Waals surface area contributed by atoms with Gasteiger partial charge in [-0.05, 0) is 58.0 Å². The van der Waals surface area contributed by atoms with E-state index in [-0.39, 0.29) is 8.22 Å². The van der Waals surface area contributed by atoms with E-state index in [0.717, 1.165) is 60.1 Å². The molecule has 0 aliphatic carbocycles. The predicted octanol–water partition coefficient (Wildman–Crippen LogP) is 8.52. The molecule has 0 amide bonds. The third-order valence-electron chi connectivity index (χ3n) is 4.87. The molecular formula is C24H28I2O4. The summed E-state index contributed by atoms with van der Waals surface area (Å²) in [4.78, 5) is 23.3. The number of rotatable bonds is 12. The second-order valence-corrected chi connectivity index (χ2v) is 9.99. The Kier molecular flexibility index (Phi) is 9.73. The minimum absolute atomic E-state index is 0.00215. The number of hydrogen-bond donors (Lipinski definition) is 0. The summed E-state index contributed by atoms with van der Waals surface area (Å²) in [5.41, 5.74) is 0. The van der Waals surface area contributed by atoms with Gasteiger partial charge in [-0.3, -0.25) is 0 Å². The van der Waals surface area contributed by atoms with Gasteiger partial charge in [0.25, 0.3) is 0 Å². The summed E-state index contributed by atoms with van der Waals surface area (Å²) in [6, 6.07) is 16.1. The Morgan fingerprint density at radius 1 is 0.633 bits per heavy atom. The van der Waals surface area contributed by atoms with Gasteiger partial charge in [0.1, 0.15) is 0 Å². The highest BCUT2D eigenvalue weighted by Crippen LogP contribution is 2.43. The number of halogens is 2. The summed E-state index contributed by atoms with van der Waals surface area (Å²) in [7, 11) is 0. The van der Waals surface area contributed by atoms with Crippen molar-refractivity contribution >= 4 is 66.7 Å². The predicted molar refractivity (Wildman–Crippen MR) is 140 cm³/mol. The van der Waals surface area contributed by atoms with Crippen molar-refractivity contribution in [2.45, 2.75) is 60.6 Å². The van der Waals surface area contributed by atoms with Crippen molar-refractivity contribution in [1.82, 2.24) is 0 Å². The monoisotopic (exact) mass is 634 g/mol. The van der Waals surface area contributed by atoms with E-state index < -0.39 is 0 Å². The Bertz CT molecular complexity index is 814. The van der Waals surface area contributed by atoms with Gasteiger partial charge in [-0.2, -0.15) is 9.78 Å². The third kappa shape index (κ3) is 6.11. The number of benzene rings is 3. The fourth-order valence-corrected chi connectivity index (χ4v) is 4.34. The normalized spacial score (nSPS) is 13.5. The van der Waals surface area contributed by atoms with Gasteiger partial charge in [0.2, 0.25) is 0 Å². The van der Waals surface area contributed by atoms with Crippen molar-refractivity contribution in [2.24, 2.45) is 0 Å². The quantitative estimate of drug-likeness (QED) is 0.0659. The standard InChI is InChI=1S/C24H28I2O4/c1-3-5-15-21(25)27-29-23-17-11-7-9-13-19(17)24(20-14-10-8-12-18(20)23)30-28-22(26)16-6-4-2/h7-14,21-22H,3-6,15-16H2,1-2H3. The van der Waals surface area contributed by atoms with E-state index >= 15 is 0 Å². The van der Waals surface area contributed by atoms with Crippen molar-refractivity contribution in [3.63, 3.8) is 0 Å². The lowest BCUT2D eigenvalue weighted by molar-refractivity contribution is -0.214. The molecule has 0 heterocycles. The molecule has 3 rings (SSSR count). The van der Waals surface area contributed by atoms with Gasteiger partial charge in [-0.15, -0.1) is 0 Å². The number of alkyl halides is 2. The molecule has 0 saturated carbocycles. The average molecular weight is 634 g/mol. The molecule has 0 saturated heterocycles. The highest BCUT2D eigenvalue weighted by molar-refractivity contribution is 14.1. The lowest BCUT2D eigenvalue weighted by Gasteiger charge is -2.18. The molecule has 0 aliphatic rings. The van der Waals surface area contributed by atoms with Crippen molar-refractivity contribution in [3.8, 4) is 11.5 Å². The summed E-state index contributed by atoms with van der Waals surface area (Å²) in [5, 5.41) is 3.75. The lowest BCUT2D eigenvalue weighted by atomic mass is 10.0. The minimum atomic E-state index is -0.00215. The Hall–Kier alpha value is -0.840. The van der Waals surface area contributed by atoms with Crippen LogP contribution in [0.15, 0.2) is 48.5 Å². The molecule has 3 aromatic rings. The summed E-state index contributed by atoms with van der Waals surface area (Å²) in [5.74, 6) is 1.42. The van der Waals surface area contributed by atoms with Crippen molar-refractivity contribution < 1.29 is 19.6 Å². The molecule has 2 unspecified atom stereocenters. The number of unbranched alkanes of at least 4 members (excludes halogenated alkanes) is 2. The largest absolute Gasteiger partial charge is 0.335 e. The van der Waals surface area contributed by atoms with Crippen molar-refractivity contribution in [1.29, 1.82) is 0 Å². The minimum Gasteiger partial charge on any atom is -0.335 e. The first-order chi connectivity index (χ1) is 14.7. The smallest absolute Gasteiger partial charge is 0.181 e. The van der Waals surface area contributed by atoms with Gasteiger partial charge in [0, 0.05) is 21.5 Å². The summed E-state index contributed by atoms with van der Waals surface area (Å²) in [6.45, 7) is 4.35. The maximum Gasteiger partial charge on any atom is 0.181 e. The van der Waals surface area contributed by atoms with Gasteiger partial charge < -0.3 is 9.78 Å². The van der Waals surface area contributed by atoms with Crippen LogP contribution in [0.25, 0.3) is 21.5 Å². The molecule has 0 N–H and O–H groups in total. The molecule has 2 atom stereocenters. The number of fused-ring (bicyclic) bond motifs is 2. The molecule has 162 valence electrons. The van der Waals surface area contributed by atoms with E-state index in [0.29, 0.717) is 11.5 Å². The van der Waals surface area contributed by atoms with Gasteiger partial charge in [0.15, 0.2) is 19.7 Å². The van der Waals surface area contributed by atoms with Crippen LogP contribution in [0.4, 0.5) is 0 Å². The summed E-state index contributed by atoms with van der Waals surface area (Å²) in [6.07, 6.45) is 6.40. The first kappa shape index (κ1) is 23.8. The van der Waals surface area contributed by atoms with E-state index in [1.807, 2.05) is 48.5 Å². The van der Waals surface area contributed by atoms with Crippen LogP contribution in [0.1, 0.15) is 52.4 Å². The number of hydrogen-bond acceptors (Lipinski definition) is 4. The second-order valence-electron chi connectivity index (χ2n) is 7.21. The van der Waals surface area contributed by atoms with E-state index in [9.17, 15) is 0 Å². The lowest BCUT2D eigenvalue weighted by Crippen LogP contribution is -2.10. The molecule has 0 bridgehead atoms. The molecule has 0 radical (unpaired) electrons. The van der Waals surface area contributed by atoms with Gasteiger partial charge >= 0.3 is 0 Å². The molecule has 0 aliphatic heterocycles. The van der Waals surface area contributed by atoms with Crippen LogP contribution in [-0.4, -0.2) is 8.22 Å². The highest BCUT2D eigenvalue weighted by Gasteiger charge is 2.19.